The largest absolute Gasteiger partial charge is 0.382 e. The fraction of sp³-hybridized carbons (Fsp3) is 1.00. The molecule has 0 aromatic rings. The molecule has 16 heavy (non-hydrogen) atoms. The lowest BCUT2D eigenvalue weighted by Gasteiger charge is -2.22. The molecule has 0 aliphatic carbocycles. The molecule has 2 radical (unpaired) electrons. The lowest BCUT2D eigenvalue weighted by molar-refractivity contribution is -0.0629. The maximum absolute atomic E-state index is 5.82. The predicted molar refractivity (Wildman–Crippen MR) is 58.7 cm³/mol. The van der Waals surface area contributed by atoms with Crippen LogP contribution in [0.25, 0.3) is 0 Å². The summed E-state index contributed by atoms with van der Waals surface area (Å²) >= 11 is 0. The Kier molecular flexibility index (Phi) is 6.30. The molecule has 1 aliphatic rings. The molecule has 4 unspecified atom stereocenters. The van der Waals surface area contributed by atoms with Crippen LogP contribution in [-0.4, -0.2) is 73.3 Å². The SMILES string of the molecule is [B]C1OC(COC)C(OC)C1OCCOC. The normalized spacial score (nSPS) is 34.4. The van der Waals surface area contributed by atoms with E-state index in [1.165, 1.54) is 0 Å². The van der Waals surface area contributed by atoms with E-state index < -0.39 is 6.00 Å². The highest BCUT2D eigenvalue weighted by molar-refractivity contribution is 6.11. The van der Waals surface area contributed by atoms with E-state index in [-0.39, 0.29) is 18.3 Å². The minimum absolute atomic E-state index is 0.183. The monoisotopic (exact) mass is 230 g/mol. The van der Waals surface area contributed by atoms with Crippen molar-refractivity contribution in [3.63, 3.8) is 0 Å². The zero-order valence-corrected chi connectivity index (χ0v) is 10.0. The molecular weight excluding hydrogens is 211 g/mol. The van der Waals surface area contributed by atoms with Crippen molar-refractivity contribution >= 4 is 7.85 Å². The van der Waals surface area contributed by atoms with Crippen molar-refractivity contribution in [3.05, 3.63) is 0 Å². The van der Waals surface area contributed by atoms with Gasteiger partial charge in [-0.05, 0) is 0 Å². The highest BCUT2D eigenvalue weighted by Gasteiger charge is 2.42. The van der Waals surface area contributed by atoms with E-state index in [9.17, 15) is 0 Å². The molecule has 0 aromatic carbocycles. The average Bonchev–Trinajstić information content (AvgIpc) is 2.56. The molecule has 0 spiro atoms. The summed E-state index contributed by atoms with van der Waals surface area (Å²) in [6.07, 6.45) is -0.662. The van der Waals surface area contributed by atoms with Crippen molar-refractivity contribution in [1.82, 2.24) is 0 Å². The Bertz CT molecular complexity index is 192. The van der Waals surface area contributed by atoms with Gasteiger partial charge in [0.05, 0.1) is 19.8 Å². The molecule has 0 bridgehead atoms. The van der Waals surface area contributed by atoms with Crippen LogP contribution in [-0.2, 0) is 23.7 Å². The Morgan fingerprint density at radius 1 is 1.06 bits per heavy atom. The second-order valence-corrected chi connectivity index (χ2v) is 3.62. The molecular formula is C10H19BO5. The van der Waals surface area contributed by atoms with Crippen molar-refractivity contribution in [1.29, 1.82) is 0 Å². The summed E-state index contributed by atoms with van der Waals surface area (Å²) in [4.78, 5) is 0. The molecule has 0 N–H and O–H groups in total. The lowest BCUT2D eigenvalue weighted by Crippen LogP contribution is -2.39. The number of methoxy groups -OCH3 is 3. The van der Waals surface area contributed by atoms with Gasteiger partial charge in [-0.15, -0.1) is 0 Å². The smallest absolute Gasteiger partial charge is 0.113 e. The van der Waals surface area contributed by atoms with Gasteiger partial charge in [0.1, 0.15) is 26.2 Å². The molecule has 0 amide bonds. The third-order valence-corrected chi connectivity index (χ3v) is 2.55. The average molecular weight is 230 g/mol. The second kappa shape index (κ2) is 7.24. The maximum atomic E-state index is 5.82. The van der Waals surface area contributed by atoms with E-state index >= 15 is 0 Å². The van der Waals surface area contributed by atoms with Crippen LogP contribution in [0.1, 0.15) is 0 Å². The fourth-order valence-corrected chi connectivity index (χ4v) is 1.80. The van der Waals surface area contributed by atoms with E-state index in [4.69, 9.17) is 31.5 Å². The molecule has 1 aliphatic heterocycles. The summed E-state index contributed by atoms with van der Waals surface area (Å²) in [6, 6.07) is -0.484. The fourth-order valence-electron chi connectivity index (χ4n) is 1.80. The van der Waals surface area contributed by atoms with Crippen LogP contribution in [0.5, 0.6) is 0 Å². The third kappa shape index (κ3) is 3.43. The van der Waals surface area contributed by atoms with Gasteiger partial charge in [-0.2, -0.15) is 0 Å². The molecule has 1 fully saturated rings. The van der Waals surface area contributed by atoms with Gasteiger partial charge in [0.15, 0.2) is 0 Å². The van der Waals surface area contributed by atoms with E-state index in [1.807, 2.05) is 0 Å². The number of hydrogen-bond donors (Lipinski definition) is 0. The van der Waals surface area contributed by atoms with Crippen LogP contribution >= 0.6 is 0 Å². The van der Waals surface area contributed by atoms with Gasteiger partial charge in [0.2, 0.25) is 0 Å². The number of rotatable bonds is 7. The number of hydrogen-bond acceptors (Lipinski definition) is 5. The van der Waals surface area contributed by atoms with Crippen molar-refractivity contribution in [2.45, 2.75) is 24.3 Å². The van der Waals surface area contributed by atoms with E-state index in [0.29, 0.717) is 19.8 Å². The molecule has 4 atom stereocenters. The minimum atomic E-state index is -0.484. The van der Waals surface area contributed by atoms with Crippen molar-refractivity contribution in [3.8, 4) is 0 Å². The van der Waals surface area contributed by atoms with Crippen LogP contribution in [0.15, 0.2) is 0 Å². The molecule has 0 saturated carbocycles. The zero-order valence-electron chi connectivity index (χ0n) is 10.0. The first-order valence-electron chi connectivity index (χ1n) is 5.28. The van der Waals surface area contributed by atoms with E-state index in [0.717, 1.165) is 0 Å². The topological polar surface area (TPSA) is 46.2 Å². The summed E-state index contributed by atoms with van der Waals surface area (Å²) in [7, 11) is 10.7. The summed E-state index contributed by atoms with van der Waals surface area (Å²) in [5.41, 5.74) is 0. The Hall–Kier alpha value is -0.135. The van der Waals surface area contributed by atoms with Crippen molar-refractivity contribution < 1.29 is 23.7 Å². The van der Waals surface area contributed by atoms with Gasteiger partial charge >= 0.3 is 0 Å². The molecule has 0 aromatic heterocycles. The van der Waals surface area contributed by atoms with Crippen molar-refractivity contribution in [2.75, 3.05) is 41.2 Å². The summed E-state index contributed by atoms with van der Waals surface area (Å²) < 4.78 is 26.4. The van der Waals surface area contributed by atoms with Gasteiger partial charge in [0.25, 0.3) is 0 Å². The molecule has 5 nitrogen and oxygen atoms in total. The Labute approximate surface area is 97.7 Å². The molecule has 1 heterocycles. The van der Waals surface area contributed by atoms with E-state index in [2.05, 4.69) is 0 Å². The van der Waals surface area contributed by atoms with Crippen LogP contribution in [0, 0.1) is 0 Å². The molecule has 92 valence electrons. The van der Waals surface area contributed by atoms with Crippen LogP contribution in [0.4, 0.5) is 0 Å². The lowest BCUT2D eigenvalue weighted by atomic mass is 9.93. The Morgan fingerprint density at radius 3 is 2.38 bits per heavy atom. The standard InChI is InChI=1S/C10H19BO5/c1-12-4-5-15-9-8(14-3)7(6-13-2)16-10(9)11/h7-10H,4-6H2,1-3H3. The zero-order chi connectivity index (χ0) is 12.0. The van der Waals surface area contributed by atoms with Crippen molar-refractivity contribution in [2.24, 2.45) is 0 Å². The Morgan fingerprint density at radius 2 is 1.81 bits per heavy atom. The first-order chi connectivity index (χ1) is 7.74. The highest BCUT2D eigenvalue weighted by atomic mass is 16.6. The second-order valence-electron chi connectivity index (χ2n) is 3.62. The van der Waals surface area contributed by atoms with Gasteiger partial charge in [-0.3, -0.25) is 0 Å². The van der Waals surface area contributed by atoms with Crippen LogP contribution in [0.2, 0.25) is 0 Å². The van der Waals surface area contributed by atoms with Crippen LogP contribution < -0.4 is 0 Å². The van der Waals surface area contributed by atoms with Crippen LogP contribution in [0.3, 0.4) is 0 Å². The van der Waals surface area contributed by atoms with Gasteiger partial charge in [-0.1, -0.05) is 0 Å². The molecule has 1 saturated heterocycles. The summed E-state index contributed by atoms with van der Waals surface area (Å²) in [5, 5.41) is 0. The van der Waals surface area contributed by atoms with E-state index in [1.54, 1.807) is 21.3 Å². The first-order valence-corrected chi connectivity index (χ1v) is 5.28. The first kappa shape index (κ1) is 13.9. The minimum Gasteiger partial charge on any atom is -0.382 e. The predicted octanol–water partition coefficient (Wildman–Crippen LogP) is -0.427. The third-order valence-electron chi connectivity index (χ3n) is 2.55. The van der Waals surface area contributed by atoms with Gasteiger partial charge < -0.3 is 23.7 Å². The maximum Gasteiger partial charge on any atom is 0.113 e. The molecule has 6 heteroatoms. The summed E-state index contributed by atoms with van der Waals surface area (Å²) in [5.74, 6) is 0. The summed E-state index contributed by atoms with van der Waals surface area (Å²) in [6.45, 7) is 1.43. The quantitative estimate of drug-likeness (QED) is 0.438. The van der Waals surface area contributed by atoms with Gasteiger partial charge in [-0.25, -0.2) is 0 Å². The highest BCUT2D eigenvalue weighted by Crippen LogP contribution is 2.24. The molecule has 1 rings (SSSR count). The Balaban J connectivity index is 2.46. The number of ether oxygens (including phenoxy) is 5. The van der Waals surface area contributed by atoms with Gasteiger partial charge in [0, 0.05) is 27.3 Å².